The van der Waals surface area contributed by atoms with Gasteiger partial charge in [0, 0.05) is 19.0 Å². The lowest BCUT2D eigenvalue weighted by Gasteiger charge is -2.12. The molecule has 2 rings (SSSR count). The van der Waals surface area contributed by atoms with E-state index in [1.807, 2.05) is 24.3 Å². The Balaban J connectivity index is 1.55. The van der Waals surface area contributed by atoms with Gasteiger partial charge in [0.2, 0.25) is 0 Å². The van der Waals surface area contributed by atoms with Gasteiger partial charge in [0.15, 0.2) is 0 Å². The maximum Gasteiger partial charge on any atom is 0.122 e. The van der Waals surface area contributed by atoms with Crippen LogP contribution in [0.1, 0.15) is 12.0 Å². The predicted molar refractivity (Wildman–Crippen MR) is 84.1 cm³/mol. The molecule has 0 radical (unpaired) electrons. The number of nitrogens with one attached hydrogen (secondary N) is 1. The zero-order valence-corrected chi connectivity index (χ0v) is 13.5. The average Bonchev–Trinajstić information content (AvgIpc) is 3.07. The molecule has 1 aromatic rings. The SMILES string of the molecule is COc1ccc(COC[C@@H](O)CNC[C@H]2CC2(Cl)Cl)cc1. The standard InChI is InChI=1S/C15H21Cl2NO3/c1-20-14-4-2-11(3-5-14)9-21-10-13(19)8-18-7-12-6-15(12,16)17/h2-5,12-13,18-19H,6-10H2,1H3/t12-,13+/m1/s1. The van der Waals surface area contributed by atoms with Gasteiger partial charge >= 0.3 is 0 Å². The summed E-state index contributed by atoms with van der Waals surface area (Å²) >= 11 is 11.8. The third-order valence-corrected chi connectivity index (χ3v) is 4.39. The van der Waals surface area contributed by atoms with Crippen molar-refractivity contribution in [1.29, 1.82) is 0 Å². The molecule has 0 bridgehead atoms. The zero-order valence-electron chi connectivity index (χ0n) is 12.0. The van der Waals surface area contributed by atoms with Crippen LogP contribution >= 0.6 is 23.2 Å². The van der Waals surface area contributed by atoms with Crippen LogP contribution in [0.25, 0.3) is 0 Å². The van der Waals surface area contributed by atoms with Crippen molar-refractivity contribution in [1.82, 2.24) is 5.32 Å². The second-order valence-electron chi connectivity index (χ2n) is 5.34. The number of hydrogen-bond acceptors (Lipinski definition) is 4. The quantitative estimate of drug-likeness (QED) is 0.681. The molecule has 1 aliphatic carbocycles. The summed E-state index contributed by atoms with van der Waals surface area (Å²) in [5.74, 6) is 1.10. The monoisotopic (exact) mass is 333 g/mol. The van der Waals surface area contributed by atoms with E-state index in [-0.39, 0.29) is 12.5 Å². The third kappa shape index (κ3) is 5.64. The Morgan fingerprint density at radius 3 is 2.62 bits per heavy atom. The van der Waals surface area contributed by atoms with Crippen LogP contribution in [0.5, 0.6) is 5.75 Å². The second kappa shape index (κ2) is 7.65. The van der Waals surface area contributed by atoms with Crippen LogP contribution in [0.15, 0.2) is 24.3 Å². The van der Waals surface area contributed by atoms with Crippen molar-refractivity contribution >= 4 is 23.2 Å². The molecule has 0 aliphatic heterocycles. The van der Waals surface area contributed by atoms with Crippen molar-refractivity contribution in [2.75, 3.05) is 26.8 Å². The minimum Gasteiger partial charge on any atom is -0.497 e. The summed E-state index contributed by atoms with van der Waals surface area (Å²) in [5, 5.41) is 13.0. The molecule has 118 valence electrons. The average molecular weight is 334 g/mol. The first-order valence-corrected chi connectivity index (χ1v) is 7.74. The highest BCUT2D eigenvalue weighted by atomic mass is 35.5. The Bertz CT molecular complexity index is 439. The molecule has 2 N–H and O–H groups in total. The van der Waals surface area contributed by atoms with Crippen molar-refractivity contribution < 1.29 is 14.6 Å². The van der Waals surface area contributed by atoms with Crippen LogP contribution in [-0.2, 0) is 11.3 Å². The predicted octanol–water partition coefficient (Wildman–Crippen LogP) is 2.36. The van der Waals surface area contributed by atoms with Gasteiger partial charge in [-0.3, -0.25) is 0 Å². The molecule has 1 fully saturated rings. The van der Waals surface area contributed by atoms with Gasteiger partial charge < -0.3 is 19.9 Å². The van der Waals surface area contributed by atoms with Crippen LogP contribution in [0.3, 0.4) is 0 Å². The van der Waals surface area contributed by atoms with E-state index in [0.29, 0.717) is 13.2 Å². The summed E-state index contributed by atoms with van der Waals surface area (Å²) in [7, 11) is 1.63. The van der Waals surface area contributed by atoms with E-state index in [0.717, 1.165) is 24.3 Å². The number of alkyl halides is 2. The lowest BCUT2D eigenvalue weighted by Crippen LogP contribution is -2.32. The van der Waals surface area contributed by atoms with Crippen molar-refractivity contribution in [2.24, 2.45) is 5.92 Å². The molecule has 0 saturated heterocycles. The summed E-state index contributed by atoms with van der Waals surface area (Å²) in [6.45, 7) is 1.96. The summed E-state index contributed by atoms with van der Waals surface area (Å²) in [5.41, 5.74) is 1.04. The Kier molecular flexibility index (Phi) is 6.14. The summed E-state index contributed by atoms with van der Waals surface area (Å²) in [6.07, 6.45) is 0.273. The normalized spacial score (nSPS) is 21.0. The molecule has 2 atom stereocenters. The highest BCUT2D eigenvalue weighted by Gasteiger charge is 2.50. The number of halogens is 2. The van der Waals surface area contributed by atoms with Crippen LogP contribution < -0.4 is 10.1 Å². The van der Waals surface area contributed by atoms with E-state index in [1.54, 1.807) is 7.11 Å². The first-order valence-electron chi connectivity index (χ1n) is 6.98. The summed E-state index contributed by atoms with van der Waals surface area (Å²) < 4.78 is 10.0. The van der Waals surface area contributed by atoms with Gasteiger partial charge in [-0.15, -0.1) is 23.2 Å². The molecule has 21 heavy (non-hydrogen) atoms. The van der Waals surface area contributed by atoms with Gasteiger partial charge in [-0.1, -0.05) is 12.1 Å². The molecule has 0 spiro atoms. The molecule has 4 nitrogen and oxygen atoms in total. The molecule has 0 aromatic heterocycles. The molecule has 1 aliphatic rings. The van der Waals surface area contributed by atoms with E-state index in [4.69, 9.17) is 32.7 Å². The number of ether oxygens (including phenoxy) is 2. The Labute approximate surface area is 135 Å². The second-order valence-corrected chi connectivity index (χ2v) is 6.88. The van der Waals surface area contributed by atoms with Crippen LogP contribution in [-0.4, -0.2) is 42.4 Å². The van der Waals surface area contributed by atoms with E-state index >= 15 is 0 Å². The first-order chi connectivity index (χ1) is 10.0. The fourth-order valence-corrected chi connectivity index (χ4v) is 2.54. The molecular formula is C15H21Cl2NO3. The van der Waals surface area contributed by atoms with Crippen molar-refractivity contribution in [2.45, 2.75) is 23.5 Å². The van der Waals surface area contributed by atoms with Crippen molar-refractivity contribution in [3.8, 4) is 5.75 Å². The number of hydrogen-bond donors (Lipinski definition) is 2. The van der Waals surface area contributed by atoms with Crippen LogP contribution in [0.4, 0.5) is 0 Å². The zero-order chi connectivity index (χ0) is 15.3. The van der Waals surface area contributed by atoms with Gasteiger partial charge in [0.1, 0.15) is 10.1 Å². The van der Waals surface area contributed by atoms with Gasteiger partial charge in [-0.25, -0.2) is 0 Å². The Morgan fingerprint density at radius 1 is 1.38 bits per heavy atom. The molecule has 1 saturated carbocycles. The van der Waals surface area contributed by atoms with Crippen molar-refractivity contribution in [3.05, 3.63) is 29.8 Å². The number of aliphatic hydroxyl groups excluding tert-OH is 1. The highest BCUT2D eigenvalue weighted by molar-refractivity contribution is 6.50. The van der Waals surface area contributed by atoms with Gasteiger partial charge in [0.25, 0.3) is 0 Å². The molecular weight excluding hydrogens is 313 g/mol. The maximum atomic E-state index is 9.80. The fourth-order valence-electron chi connectivity index (χ4n) is 2.01. The van der Waals surface area contributed by atoms with E-state index in [1.165, 1.54) is 0 Å². The Hall–Kier alpha value is -0.520. The largest absolute Gasteiger partial charge is 0.497 e. The lowest BCUT2D eigenvalue weighted by atomic mass is 10.2. The molecule has 1 aromatic carbocycles. The van der Waals surface area contributed by atoms with Gasteiger partial charge in [-0.2, -0.15) is 0 Å². The minimum atomic E-state index is -0.567. The van der Waals surface area contributed by atoms with E-state index in [9.17, 15) is 5.11 Å². The summed E-state index contributed by atoms with van der Waals surface area (Å²) in [6, 6.07) is 7.65. The van der Waals surface area contributed by atoms with Crippen LogP contribution in [0.2, 0.25) is 0 Å². The fraction of sp³-hybridized carbons (Fsp3) is 0.600. The number of methoxy groups -OCH3 is 1. The highest BCUT2D eigenvalue weighted by Crippen LogP contribution is 2.52. The molecule has 0 amide bonds. The first kappa shape index (κ1) is 16.8. The third-order valence-electron chi connectivity index (χ3n) is 3.46. The van der Waals surface area contributed by atoms with Gasteiger partial charge in [0.05, 0.1) is 26.4 Å². The van der Waals surface area contributed by atoms with E-state index < -0.39 is 10.4 Å². The number of aliphatic hydroxyl groups is 1. The summed E-state index contributed by atoms with van der Waals surface area (Å²) in [4.78, 5) is 0. The van der Waals surface area contributed by atoms with Crippen LogP contribution in [0, 0.1) is 5.92 Å². The number of rotatable bonds is 9. The number of benzene rings is 1. The Morgan fingerprint density at radius 2 is 2.05 bits per heavy atom. The topological polar surface area (TPSA) is 50.7 Å². The molecule has 0 unspecified atom stereocenters. The smallest absolute Gasteiger partial charge is 0.122 e. The maximum absolute atomic E-state index is 9.80. The minimum absolute atomic E-state index is 0.285. The van der Waals surface area contributed by atoms with Gasteiger partial charge in [-0.05, 0) is 24.1 Å². The lowest BCUT2D eigenvalue weighted by molar-refractivity contribution is 0.0288. The van der Waals surface area contributed by atoms with Crippen molar-refractivity contribution in [3.63, 3.8) is 0 Å². The molecule has 6 heteroatoms. The molecule has 0 heterocycles. The van der Waals surface area contributed by atoms with E-state index in [2.05, 4.69) is 5.32 Å².